The lowest BCUT2D eigenvalue weighted by Crippen LogP contribution is -2.58. The van der Waals surface area contributed by atoms with Gasteiger partial charge < -0.3 is 35.5 Å². The third-order valence-electron chi connectivity index (χ3n) is 7.21. The summed E-state index contributed by atoms with van der Waals surface area (Å²) < 4.78 is 17.4. The summed E-state index contributed by atoms with van der Waals surface area (Å²) in [6.45, 7) is 4.57. The van der Waals surface area contributed by atoms with Gasteiger partial charge in [-0.2, -0.15) is 0 Å². The summed E-state index contributed by atoms with van der Waals surface area (Å²) in [4.78, 5) is 49.5. The first-order chi connectivity index (χ1) is 20.2. The Labute approximate surface area is 243 Å². The van der Waals surface area contributed by atoms with Gasteiger partial charge in [0.15, 0.2) is 18.1 Å². The molecule has 3 amide bonds. The Hall–Kier alpha value is -4.87. The summed E-state index contributed by atoms with van der Waals surface area (Å²) in [5.41, 5.74) is 7.97. The smallest absolute Gasteiger partial charge is 0.272 e. The van der Waals surface area contributed by atoms with Gasteiger partial charge in [0.2, 0.25) is 5.95 Å². The molecule has 6 rings (SSSR count). The van der Waals surface area contributed by atoms with Crippen LogP contribution in [0.2, 0.25) is 0 Å². The molecule has 0 saturated carbocycles. The van der Waals surface area contributed by atoms with Crippen molar-refractivity contribution in [2.75, 3.05) is 32.5 Å². The molecule has 2 atom stereocenters. The van der Waals surface area contributed by atoms with E-state index in [9.17, 15) is 14.4 Å². The van der Waals surface area contributed by atoms with Crippen molar-refractivity contribution in [2.45, 2.75) is 44.9 Å². The summed E-state index contributed by atoms with van der Waals surface area (Å²) in [5.74, 6) is 0.330. The molecule has 3 aliphatic heterocycles. The highest BCUT2D eigenvalue weighted by Gasteiger charge is 2.35. The minimum absolute atomic E-state index is 0.0365. The Morgan fingerprint density at radius 2 is 1.90 bits per heavy atom. The number of piperidine rings is 1. The quantitative estimate of drug-likeness (QED) is 0.427. The van der Waals surface area contributed by atoms with E-state index in [0.717, 1.165) is 5.56 Å². The summed E-state index contributed by atoms with van der Waals surface area (Å²) in [7, 11) is 1.48. The van der Waals surface area contributed by atoms with E-state index in [1.54, 1.807) is 23.1 Å². The van der Waals surface area contributed by atoms with Gasteiger partial charge in [-0.25, -0.2) is 9.97 Å². The number of aromatic nitrogens is 2. The number of carbonyl (C=O) groups excluding carboxylic acids is 3. The number of anilines is 1. The number of amides is 3. The van der Waals surface area contributed by atoms with Crippen LogP contribution in [0.1, 0.15) is 58.3 Å². The van der Waals surface area contributed by atoms with Crippen LogP contribution in [-0.4, -0.2) is 71.5 Å². The van der Waals surface area contributed by atoms with Gasteiger partial charge in [-0.1, -0.05) is 26.0 Å². The third-order valence-corrected chi connectivity index (χ3v) is 7.21. The number of nitrogens with zero attached hydrogens (tertiary/aromatic N) is 3. The van der Waals surface area contributed by atoms with Gasteiger partial charge in [0, 0.05) is 37.3 Å². The Bertz CT molecular complexity index is 1480. The zero-order chi connectivity index (χ0) is 29.8. The van der Waals surface area contributed by atoms with Gasteiger partial charge >= 0.3 is 0 Å². The number of ether oxygens (including phenoxy) is 3. The summed E-state index contributed by atoms with van der Waals surface area (Å²) in [5, 5.41) is 5.86. The van der Waals surface area contributed by atoms with Crippen LogP contribution in [0.15, 0.2) is 48.5 Å². The number of nitrogen functional groups attached to an aromatic ring is 1. The maximum absolute atomic E-state index is 13.5. The fraction of sp³-hybridized carbons (Fsp3) is 0.367. The lowest BCUT2D eigenvalue weighted by Gasteiger charge is -2.38. The SMILES string of the molecule is COc1ccc2cc1OCC(=O)NCc1ccc(cc1)O[C@@H]1CCN(C(=O)c3cc(C(C)C)nc(N)n3)C[C@@H]1NC2=O. The fourth-order valence-electron chi connectivity index (χ4n) is 4.89. The molecule has 4 heterocycles. The van der Waals surface area contributed by atoms with E-state index >= 15 is 0 Å². The summed E-state index contributed by atoms with van der Waals surface area (Å²) in [6.07, 6.45) is 0.0400. The van der Waals surface area contributed by atoms with E-state index in [0.29, 0.717) is 42.3 Å². The van der Waals surface area contributed by atoms with Crippen LogP contribution < -0.4 is 30.6 Å². The Balaban J connectivity index is 1.44. The Morgan fingerprint density at radius 3 is 2.64 bits per heavy atom. The van der Waals surface area contributed by atoms with Crippen molar-refractivity contribution < 1.29 is 28.6 Å². The van der Waals surface area contributed by atoms with Crippen molar-refractivity contribution in [3.05, 3.63) is 71.0 Å². The standard InChI is InChI=1S/C30H34N6O6/c1-17(2)21-13-22(35-30(31)34-21)29(39)36-11-10-24-23(15-36)33-28(38)19-6-9-25(40-3)26(12-19)41-16-27(37)32-14-18-4-7-20(42-24)8-5-18/h4-9,12-13,17,23-24H,10-11,14-16H2,1-3H3,(H,32,37)(H,33,38)(H2,31,34,35)/t23-,24+/m0/s1. The van der Waals surface area contributed by atoms with Crippen molar-refractivity contribution in [2.24, 2.45) is 0 Å². The highest BCUT2D eigenvalue weighted by Crippen LogP contribution is 2.29. The summed E-state index contributed by atoms with van der Waals surface area (Å²) in [6, 6.07) is 13.2. The van der Waals surface area contributed by atoms with Crippen LogP contribution in [0.4, 0.5) is 5.95 Å². The van der Waals surface area contributed by atoms with E-state index in [1.807, 2.05) is 38.1 Å². The van der Waals surface area contributed by atoms with Gasteiger partial charge in [0.25, 0.3) is 17.7 Å². The average Bonchev–Trinajstić information content (AvgIpc) is 2.99. The maximum atomic E-state index is 13.5. The number of nitrogens with one attached hydrogen (secondary N) is 2. The molecule has 220 valence electrons. The van der Waals surface area contributed by atoms with Gasteiger partial charge in [-0.3, -0.25) is 14.4 Å². The number of methoxy groups -OCH3 is 1. The molecular formula is C30H34N6O6. The van der Waals surface area contributed by atoms with Gasteiger partial charge in [0.1, 0.15) is 17.5 Å². The van der Waals surface area contributed by atoms with Crippen molar-refractivity contribution in [1.29, 1.82) is 0 Å². The monoisotopic (exact) mass is 574 g/mol. The molecule has 42 heavy (non-hydrogen) atoms. The zero-order valence-corrected chi connectivity index (χ0v) is 23.8. The molecule has 0 radical (unpaired) electrons. The molecule has 0 aliphatic carbocycles. The van der Waals surface area contributed by atoms with Crippen LogP contribution in [0, 0.1) is 0 Å². The Kier molecular flexibility index (Phi) is 8.41. The first-order valence-corrected chi connectivity index (χ1v) is 13.8. The van der Waals surface area contributed by atoms with Crippen molar-refractivity contribution in [3.63, 3.8) is 0 Å². The predicted octanol–water partition coefficient (Wildman–Crippen LogP) is 2.29. The van der Waals surface area contributed by atoms with Crippen LogP contribution >= 0.6 is 0 Å². The van der Waals surface area contributed by atoms with Gasteiger partial charge in [0.05, 0.1) is 13.2 Å². The lowest BCUT2D eigenvalue weighted by atomic mass is 10.00. The van der Waals surface area contributed by atoms with Crippen LogP contribution in [0.5, 0.6) is 17.2 Å². The summed E-state index contributed by atoms with van der Waals surface area (Å²) >= 11 is 0. The number of benzene rings is 2. The van der Waals surface area contributed by atoms with Crippen LogP contribution in [-0.2, 0) is 11.3 Å². The van der Waals surface area contributed by atoms with Gasteiger partial charge in [-0.05, 0) is 47.9 Å². The number of fused-ring (bicyclic) bond motifs is 7. The highest BCUT2D eigenvalue weighted by molar-refractivity contribution is 5.95. The van der Waals surface area contributed by atoms with E-state index in [2.05, 4.69) is 20.6 Å². The number of hydrogen-bond acceptors (Lipinski definition) is 9. The first-order valence-electron chi connectivity index (χ1n) is 13.8. The maximum Gasteiger partial charge on any atom is 0.272 e. The highest BCUT2D eigenvalue weighted by atomic mass is 16.5. The molecule has 3 aromatic rings. The molecule has 12 nitrogen and oxygen atoms in total. The topological polar surface area (TPSA) is 158 Å². The van der Waals surface area contributed by atoms with Crippen LogP contribution in [0.3, 0.4) is 0 Å². The second-order valence-corrected chi connectivity index (χ2v) is 10.5. The predicted molar refractivity (Wildman–Crippen MR) is 154 cm³/mol. The molecule has 1 fully saturated rings. The fourth-order valence-corrected chi connectivity index (χ4v) is 4.89. The van der Waals surface area contributed by atoms with E-state index in [4.69, 9.17) is 19.9 Å². The third kappa shape index (κ3) is 6.54. The molecular weight excluding hydrogens is 540 g/mol. The molecule has 0 unspecified atom stereocenters. The largest absolute Gasteiger partial charge is 0.493 e. The van der Waals surface area contributed by atoms with Crippen LogP contribution in [0.25, 0.3) is 0 Å². The molecule has 4 N–H and O–H groups in total. The number of nitrogens with two attached hydrogens (primary N) is 1. The number of hydrogen-bond donors (Lipinski definition) is 3. The normalized spacial score (nSPS) is 19.1. The van der Waals surface area contributed by atoms with Crippen molar-refractivity contribution in [3.8, 4) is 17.2 Å². The number of rotatable bonds is 3. The number of likely N-dealkylation sites (tertiary alicyclic amines) is 1. The van der Waals surface area contributed by atoms with E-state index < -0.39 is 18.1 Å². The average molecular weight is 575 g/mol. The zero-order valence-electron chi connectivity index (χ0n) is 23.8. The second kappa shape index (κ2) is 12.3. The molecule has 4 bridgehead atoms. The lowest BCUT2D eigenvalue weighted by molar-refractivity contribution is -0.123. The molecule has 1 aromatic heterocycles. The molecule has 1 saturated heterocycles. The first kappa shape index (κ1) is 28.7. The molecule has 12 heteroatoms. The minimum Gasteiger partial charge on any atom is -0.493 e. The molecule has 0 spiro atoms. The second-order valence-electron chi connectivity index (χ2n) is 10.5. The Morgan fingerprint density at radius 1 is 1.12 bits per heavy atom. The number of carbonyl (C=O) groups is 3. The minimum atomic E-state index is -0.552. The van der Waals surface area contributed by atoms with E-state index in [1.165, 1.54) is 13.2 Å². The molecule has 3 aliphatic rings. The molecule has 2 aromatic carbocycles. The van der Waals surface area contributed by atoms with E-state index in [-0.39, 0.29) is 48.3 Å². The van der Waals surface area contributed by atoms with Crippen molar-refractivity contribution >= 4 is 23.7 Å². The van der Waals surface area contributed by atoms with Crippen molar-refractivity contribution in [1.82, 2.24) is 25.5 Å². The van der Waals surface area contributed by atoms with Gasteiger partial charge in [-0.15, -0.1) is 0 Å².